The highest BCUT2D eigenvalue weighted by atomic mass is 16.5. The zero-order chi connectivity index (χ0) is 12.4. The van der Waals surface area contributed by atoms with Gasteiger partial charge in [-0.15, -0.1) is 0 Å². The Labute approximate surface area is 106 Å². The molecular weight excluding hydrogens is 224 g/mol. The van der Waals surface area contributed by atoms with E-state index in [-0.39, 0.29) is 0 Å². The van der Waals surface area contributed by atoms with Crippen LogP contribution in [0.4, 0.5) is 0 Å². The third kappa shape index (κ3) is 1.93. The lowest BCUT2D eigenvalue weighted by Crippen LogP contribution is -2.08. The van der Waals surface area contributed by atoms with E-state index in [1.54, 1.807) is 12.3 Å². The lowest BCUT2D eigenvalue weighted by atomic mass is 10.00. The monoisotopic (exact) mass is 236 g/mol. The lowest BCUT2D eigenvalue weighted by Gasteiger charge is -2.17. The molecule has 0 atom stereocenters. The molecule has 1 aromatic carbocycles. The summed E-state index contributed by atoms with van der Waals surface area (Å²) in [6.45, 7) is 0.810. The number of ether oxygens (including phenoxy) is 1. The molecule has 0 radical (unpaired) electrons. The Bertz CT molecular complexity index is 611. The van der Waals surface area contributed by atoms with Crippen LogP contribution in [0.5, 0.6) is 5.75 Å². The highest BCUT2D eigenvalue weighted by molar-refractivity contribution is 5.65. The number of benzene rings is 1. The van der Waals surface area contributed by atoms with E-state index >= 15 is 0 Å². The number of hydrogen-bond acceptors (Lipinski definition) is 3. The average Bonchev–Trinajstić information content (AvgIpc) is 2.47. The van der Waals surface area contributed by atoms with E-state index in [1.165, 1.54) is 5.56 Å². The molecule has 3 nitrogen and oxygen atoms in total. The summed E-state index contributed by atoms with van der Waals surface area (Å²) in [4.78, 5) is 4.09. The van der Waals surface area contributed by atoms with Gasteiger partial charge in [0.25, 0.3) is 0 Å². The highest BCUT2D eigenvalue weighted by Gasteiger charge is 2.11. The van der Waals surface area contributed by atoms with Gasteiger partial charge in [0, 0.05) is 11.8 Å². The van der Waals surface area contributed by atoms with Crippen molar-refractivity contribution in [2.45, 2.75) is 12.8 Å². The summed E-state index contributed by atoms with van der Waals surface area (Å²) in [5.74, 6) is 0.992. The maximum absolute atomic E-state index is 8.73. The summed E-state index contributed by atoms with van der Waals surface area (Å²) in [7, 11) is 0. The molecule has 0 unspecified atom stereocenters. The molecule has 1 aromatic heterocycles. The molecule has 0 saturated carbocycles. The van der Waals surface area contributed by atoms with Crippen LogP contribution in [0, 0.1) is 11.3 Å². The molecule has 1 aliphatic heterocycles. The molecule has 0 aliphatic carbocycles. The molecule has 3 rings (SSSR count). The van der Waals surface area contributed by atoms with Gasteiger partial charge in [-0.05, 0) is 48.2 Å². The van der Waals surface area contributed by atoms with E-state index in [0.29, 0.717) is 5.69 Å². The van der Waals surface area contributed by atoms with Crippen LogP contribution < -0.4 is 4.74 Å². The van der Waals surface area contributed by atoms with Gasteiger partial charge < -0.3 is 4.74 Å². The summed E-state index contributed by atoms with van der Waals surface area (Å²) in [6, 6.07) is 11.9. The third-order valence-electron chi connectivity index (χ3n) is 3.12. The summed E-state index contributed by atoms with van der Waals surface area (Å²) in [5, 5.41) is 8.73. The van der Waals surface area contributed by atoms with Crippen molar-refractivity contribution in [3.63, 3.8) is 0 Å². The molecule has 0 fully saturated rings. The van der Waals surface area contributed by atoms with E-state index in [0.717, 1.165) is 36.3 Å². The molecule has 0 amide bonds. The molecule has 2 aromatic rings. The first kappa shape index (κ1) is 10.8. The molecule has 0 spiro atoms. The van der Waals surface area contributed by atoms with Gasteiger partial charge in [-0.25, -0.2) is 4.98 Å². The van der Waals surface area contributed by atoms with E-state index in [2.05, 4.69) is 11.1 Å². The molecular formula is C15H12N2O. The van der Waals surface area contributed by atoms with Crippen LogP contribution >= 0.6 is 0 Å². The van der Waals surface area contributed by atoms with Crippen molar-refractivity contribution < 1.29 is 4.74 Å². The minimum atomic E-state index is 0.444. The summed E-state index contributed by atoms with van der Waals surface area (Å²) in [6.07, 6.45) is 3.87. The van der Waals surface area contributed by atoms with Gasteiger partial charge in [-0.2, -0.15) is 5.26 Å². The van der Waals surface area contributed by atoms with Crippen molar-refractivity contribution >= 4 is 0 Å². The number of aryl methyl sites for hydroxylation is 1. The smallest absolute Gasteiger partial charge is 0.140 e. The van der Waals surface area contributed by atoms with Gasteiger partial charge in [0.05, 0.1) is 6.61 Å². The predicted molar refractivity (Wildman–Crippen MR) is 68.2 cm³/mol. The Kier molecular flexibility index (Phi) is 2.70. The number of nitriles is 1. The van der Waals surface area contributed by atoms with Gasteiger partial charge in [-0.3, -0.25) is 0 Å². The first-order valence-electron chi connectivity index (χ1n) is 5.99. The Balaban J connectivity index is 1.98. The second kappa shape index (κ2) is 4.50. The van der Waals surface area contributed by atoms with Crippen LogP contribution in [0.1, 0.15) is 17.7 Å². The molecule has 88 valence electrons. The Morgan fingerprint density at radius 2 is 2.06 bits per heavy atom. The fourth-order valence-electron chi connectivity index (χ4n) is 2.17. The van der Waals surface area contributed by atoms with Crippen LogP contribution in [0.25, 0.3) is 11.1 Å². The van der Waals surface area contributed by atoms with Crippen LogP contribution in [0.3, 0.4) is 0 Å². The second-order valence-electron chi connectivity index (χ2n) is 4.32. The number of aromatic nitrogens is 1. The van der Waals surface area contributed by atoms with Gasteiger partial charge in [0.1, 0.15) is 17.5 Å². The minimum Gasteiger partial charge on any atom is -0.493 e. The van der Waals surface area contributed by atoms with E-state index in [4.69, 9.17) is 10.00 Å². The first-order valence-corrected chi connectivity index (χ1v) is 5.99. The topological polar surface area (TPSA) is 45.9 Å². The van der Waals surface area contributed by atoms with Gasteiger partial charge in [-0.1, -0.05) is 6.07 Å². The Hall–Kier alpha value is -2.34. The molecule has 0 N–H and O–H groups in total. The van der Waals surface area contributed by atoms with Crippen molar-refractivity contribution in [2.24, 2.45) is 0 Å². The standard InChI is InChI=1S/C15H12N2O/c16-9-14-5-3-13(10-17-14)11-4-6-15-12(8-11)2-1-7-18-15/h3-6,8,10H,1-2,7H2. The largest absolute Gasteiger partial charge is 0.493 e. The fourth-order valence-corrected chi connectivity index (χ4v) is 2.17. The Morgan fingerprint density at radius 3 is 2.83 bits per heavy atom. The highest BCUT2D eigenvalue weighted by Crippen LogP contribution is 2.29. The lowest BCUT2D eigenvalue weighted by molar-refractivity contribution is 0.288. The molecule has 2 heterocycles. The molecule has 0 saturated heterocycles. The average molecular weight is 236 g/mol. The number of hydrogen-bond donors (Lipinski definition) is 0. The summed E-state index contributed by atoms with van der Waals surface area (Å²) >= 11 is 0. The van der Waals surface area contributed by atoms with Gasteiger partial charge in [0.2, 0.25) is 0 Å². The molecule has 1 aliphatic rings. The third-order valence-corrected chi connectivity index (χ3v) is 3.12. The molecule has 3 heteroatoms. The van der Waals surface area contributed by atoms with Gasteiger partial charge in [0.15, 0.2) is 0 Å². The number of nitrogens with zero attached hydrogens (tertiary/aromatic N) is 2. The van der Waals surface area contributed by atoms with Gasteiger partial charge >= 0.3 is 0 Å². The van der Waals surface area contributed by atoms with Crippen molar-refractivity contribution in [2.75, 3.05) is 6.61 Å². The predicted octanol–water partition coefficient (Wildman–Crippen LogP) is 2.95. The fraction of sp³-hybridized carbons (Fsp3) is 0.200. The normalized spacial score (nSPS) is 13.3. The van der Waals surface area contributed by atoms with E-state index < -0.39 is 0 Å². The second-order valence-corrected chi connectivity index (χ2v) is 4.32. The van der Waals surface area contributed by atoms with Crippen LogP contribution in [0.15, 0.2) is 36.5 Å². The molecule has 18 heavy (non-hydrogen) atoms. The first-order chi connectivity index (χ1) is 8.86. The van der Waals surface area contributed by atoms with Crippen LogP contribution in [-0.2, 0) is 6.42 Å². The molecule has 0 bridgehead atoms. The SMILES string of the molecule is N#Cc1ccc(-c2ccc3c(c2)CCCO3)cn1. The maximum Gasteiger partial charge on any atom is 0.140 e. The van der Waals surface area contributed by atoms with Crippen LogP contribution in [0.2, 0.25) is 0 Å². The quantitative estimate of drug-likeness (QED) is 0.764. The van der Waals surface area contributed by atoms with Crippen molar-refractivity contribution in [1.29, 1.82) is 5.26 Å². The maximum atomic E-state index is 8.73. The van der Waals surface area contributed by atoms with E-state index in [9.17, 15) is 0 Å². The minimum absolute atomic E-state index is 0.444. The summed E-state index contributed by atoms with van der Waals surface area (Å²) < 4.78 is 5.59. The zero-order valence-electron chi connectivity index (χ0n) is 9.89. The van der Waals surface area contributed by atoms with Crippen molar-refractivity contribution in [1.82, 2.24) is 4.98 Å². The number of fused-ring (bicyclic) bond motifs is 1. The summed E-state index contributed by atoms with van der Waals surface area (Å²) in [5.41, 5.74) is 3.85. The number of rotatable bonds is 1. The van der Waals surface area contributed by atoms with Crippen molar-refractivity contribution in [3.05, 3.63) is 47.8 Å². The zero-order valence-corrected chi connectivity index (χ0v) is 9.89. The van der Waals surface area contributed by atoms with Crippen molar-refractivity contribution in [3.8, 4) is 22.9 Å². The van der Waals surface area contributed by atoms with Crippen LogP contribution in [-0.4, -0.2) is 11.6 Å². The number of pyridine rings is 1. The van der Waals surface area contributed by atoms with E-state index in [1.807, 2.05) is 24.3 Å². The Morgan fingerprint density at radius 1 is 1.17 bits per heavy atom.